The number of carbonyl (C=O) groups is 1. The summed E-state index contributed by atoms with van der Waals surface area (Å²) >= 11 is 0. The van der Waals surface area contributed by atoms with Gasteiger partial charge >= 0.3 is 0 Å². The van der Waals surface area contributed by atoms with Crippen molar-refractivity contribution >= 4 is 11.4 Å². The molecule has 0 N–H and O–H groups in total. The van der Waals surface area contributed by atoms with Crippen LogP contribution in [0.4, 0.5) is 0 Å². The molecule has 1 aromatic carbocycles. The number of nitrogens with zero attached hydrogens (tertiary/aromatic N) is 1. The molecule has 0 amide bonds. The fraction of sp³-hybridized carbons (Fsp3) is 0.423. The number of rotatable bonds is 3. The maximum atomic E-state index is 12.8. The molecule has 1 saturated heterocycles. The van der Waals surface area contributed by atoms with Crippen LogP contribution in [0.25, 0.3) is 5.57 Å². The largest absolute Gasteiger partial charge is 0.375 e. The van der Waals surface area contributed by atoms with Crippen molar-refractivity contribution in [1.29, 1.82) is 0 Å². The molecule has 1 spiro atoms. The molecule has 2 nitrogen and oxygen atoms in total. The van der Waals surface area contributed by atoms with Crippen molar-refractivity contribution in [3.63, 3.8) is 0 Å². The van der Waals surface area contributed by atoms with E-state index in [1.165, 1.54) is 56.5 Å². The van der Waals surface area contributed by atoms with Crippen LogP contribution < -0.4 is 0 Å². The lowest BCUT2D eigenvalue weighted by molar-refractivity contribution is -0.113. The first-order chi connectivity index (χ1) is 13.6. The van der Waals surface area contributed by atoms with Gasteiger partial charge in [0.2, 0.25) is 0 Å². The number of carbonyl (C=O) groups excluding carboxylic acids is 1. The molecule has 28 heavy (non-hydrogen) atoms. The molecule has 144 valence electrons. The second kappa shape index (κ2) is 6.62. The summed E-state index contributed by atoms with van der Waals surface area (Å²) in [6.45, 7) is 8.66. The molecule has 1 saturated carbocycles. The van der Waals surface area contributed by atoms with Gasteiger partial charge in [-0.1, -0.05) is 49.8 Å². The Hall–Kier alpha value is -2.35. The summed E-state index contributed by atoms with van der Waals surface area (Å²) in [5, 5.41) is 0. The molecule has 5 rings (SSSR count). The minimum atomic E-state index is -0.0601. The van der Waals surface area contributed by atoms with Crippen molar-refractivity contribution in [2.24, 2.45) is 11.3 Å². The molecule has 0 bridgehead atoms. The van der Waals surface area contributed by atoms with E-state index in [9.17, 15) is 4.79 Å². The zero-order valence-corrected chi connectivity index (χ0v) is 16.8. The second-order valence-electron chi connectivity index (χ2n) is 8.82. The molecule has 2 atom stereocenters. The number of Topliss-reactive ketones (excluding diaryl/α,β-unsaturated/α-hetero) is 1. The van der Waals surface area contributed by atoms with Crippen molar-refractivity contribution in [2.45, 2.75) is 45.4 Å². The van der Waals surface area contributed by atoms with Gasteiger partial charge in [0.15, 0.2) is 5.78 Å². The van der Waals surface area contributed by atoms with Crippen LogP contribution in [0.3, 0.4) is 0 Å². The number of hydrogen-bond donors (Lipinski definition) is 0. The van der Waals surface area contributed by atoms with Crippen LogP contribution in [0.1, 0.15) is 51.0 Å². The highest BCUT2D eigenvalue weighted by Crippen LogP contribution is 2.63. The van der Waals surface area contributed by atoms with E-state index in [0.717, 1.165) is 28.7 Å². The summed E-state index contributed by atoms with van der Waals surface area (Å²) in [4.78, 5) is 15.4. The van der Waals surface area contributed by atoms with Crippen LogP contribution in [-0.2, 0) is 4.79 Å². The third-order valence-electron chi connectivity index (χ3n) is 7.40. The maximum absolute atomic E-state index is 12.8. The van der Waals surface area contributed by atoms with Crippen LogP contribution in [0.15, 0.2) is 71.5 Å². The molecule has 3 aliphatic carbocycles. The average molecular weight is 372 g/mol. The van der Waals surface area contributed by atoms with E-state index >= 15 is 0 Å². The van der Waals surface area contributed by atoms with Gasteiger partial charge < -0.3 is 4.90 Å². The first-order valence-corrected chi connectivity index (χ1v) is 10.8. The van der Waals surface area contributed by atoms with Gasteiger partial charge in [0, 0.05) is 35.7 Å². The van der Waals surface area contributed by atoms with Crippen molar-refractivity contribution in [2.75, 3.05) is 13.1 Å². The fourth-order valence-corrected chi connectivity index (χ4v) is 6.16. The molecule has 4 aliphatic rings. The Morgan fingerprint density at radius 3 is 2.54 bits per heavy atom. The Bertz CT molecular complexity index is 926. The summed E-state index contributed by atoms with van der Waals surface area (Å²) in [7, 11) is 0. The minimum absolute atomic E-state index is 0.0601. The molecule has 0 radical (unpaired) electrons. The van der Waals surface area contributed by atoms with Crippen LogP contribution in [0.2, 0.25) is 0 Å². The quantitative estimate of drug-likeness (QED) is 0.680. The third-order valence-corrected chi connectivity index (χ3v) is 7.40. The molecule has 1 aromatic rings. The normalized spacial score (nSPS) is 29.4. The first kappa shape index (κ1) is 17.7. The predicted molar refractivity (Wildman–Crippen MR) is 115 cm³/mol. The Labute approximate surface area is 168 Å². The number of allylic oxidation sites excluding steroid dienone is 7. The number of benzene rings is 1. The zero-order valence-electron chi connectivity index (χ0n) is 16.8. The van der Waals surface area contributed by atoms with Gasteiger partial charge in [-0.05, 0) is 67.0 Å². The Morgan fingerprint density at radius 2 is 1.82 bits per heavy atom. The van der Waals surface area contributed by atoms with E-state index < -0.39 is 0 Å². The van der Waals surface area contributed by atoms with Crippen molar-refractivity contribution in [3.8, 4) is 0 Å². The maximum Gasteiger partial charge on any atom is 0.160 e. The average Bonchev–Trinajstić information content (AvgIpc) is 3.34. The molecule has 0 aromatic heterocycles. The Morgan fingerprint density at radius 1 is 1.07 bits per heavy atom. The highest BCUT2D eigenvalue weighted by atomic mass is 16.1. The van der Waals surface area contributed by atoms with Crippen molar-refractivity contribution in [3.05, 3.63) is 77.0 Å². The van der Waals surface area contributed by atoms with Crippen LogP contribution in [0.5, 0.6) is 0 Å². The van der Waals surface area contributed by atoms with Crippen LogP contribution in [-0.4, -0.2) is 23.8 Å². The van der Waals surface area contributed by atoms with E-state index in [1.54, 1.807) is 6.92 Å². The summed E-state index contributed by atoms with van der Waals surface area (Å²) in [6.07, 6.45) is 12.2. The van der Waals surface area contributed by atoms with Gasteiger partial charge in [0.05, 0.1) is 0 Å². The van der Waals surface area contributed by atoms with Gasteiger partial charge in [-0.15, -0.1) is 0 Å². The Kier molecular flexibility index (Phi) is 4.19. The molecular formula is C26H29NO. The lowest BCUT2D eigenvalue weighted by Gasteiger charge is -2.47. The lowest BCUT2D eigenvalue weighted by Crippen LogP contribution is -2.39. The van der Waals surface area contributed by atoms with Gasteiger partial charge in [-0.25, -0.2) is 0 Å². The van der Waals surface area contributed by atoms with E-state index in [1.807, 2.05) is 6.07 Å². The Balaban J connectivity index is 1.70. The van der Waals surface area contributed by atoms with Gasteiger partial charge in [0.25, 0.3) is 0 Å². The summed E-state index contributed by atoms with van der Waals surface area (Å²) < 4.78 is 0. The predicted octanol–water partition coefficient (Wildman–Crippen LogP) is 5.70. The highest BCUT2D eigenvalue weighted by molar-refractivity contribution is 6.09. The SMILES string of the molecule is C=C1C(C(C)=O)=C(c2ccccc2)C=C2C=C(N3CCCC3)[C@H]3CCCC[C@@]123. The molecule has 2 fully saturated rings. The number of ketones is 1. The van der Waals surface area contributed by atoms with Gasteiger partial charge in [-0.3, -0.25) is 4.79 Å². The topological polar surface area (TPSA) is 20.3 Å². The minimum Gasteiger partial charge on any atom is -0.375 e. The van der Waals surface area contributed by atoms with Crippen LogP contribution in [0, 0.1) is 11.3 Å². The number of hydrogen-bond acceptors (Lipinski definition) is 2. The molecule has 2 heteroatoms. The standard InChI is InChI=1S/C26H29NO/c1-18-25(19(2)28)22(20-10-4-3-5-11-20)16-21-17-24(27-14-8-9-15-27)23-12-6-7-13-26(18,21)23/h3-5,10-11,16-17,23H,1,6-9,12-15H2,2H3/t23-,26-/m1/s1. The van der Waals surface area contributed by atoms with Crippen LogP contribution >= 0.6 is 0 Å². The van der Waals surface area contributed by atoms with E-state index in [2.05, 4.69) is 47.9 Å². The summed E-state index contributed by atoms with van der Waals surface area (Å²) in [5.41, 5.74) is 6.96. The molecule has 0 unspecified atom stereocenters. The number of likely N-dealkylation sites (tertiary alicyclic amines) is 1. The summed E-state index contributed by atoms with van der Waals surface area (Å²) in [5.74, 6) is 0.636. The molecular weight excluding hydrogens is 342 g/mol. The molecule has 1 heterocycles. The van der Waals surface area contributed by atoms with E-state index in [0.29, 0.717) is 5.92 Å². The smallest absolute Gasteiger partial charge is 0.160 e. The lowest BCUT2D eigenvalue weighted by atomic mass is 9.57. The van der Waals surface area contributed by atoms with Crippen molar-refractivity contribution < 1.29 is 4.79 Å². The van der Waals surface area contributed by atoms with E-state index in [4.69, 9.17) is 0 Å². The van der Waals surface area contributed by atoms with Crippen molar-refractivity contribution in [1.82, 2.24) is 4.90 Å². The van der Waals surface area contributed by atoms with Gasteiger partial charge in [-0.2, -0.15) is 0 Å². The monoisotopic (exact) mass is 371 g/mol. The highest BCUT2D eigenvalue weighted by Gasteiger charge is 2.54. The van der Waals surface area contributed by atoms with E-state index in [-0.39, 0.29) is 11.2 Å². The first-order valence-electron chi connectivity index (χ1n) is 10.8. The summed E-state index contributed by atoms with van der Waals surface area (Å²) in [6, 6.07) is 10.4. The molecule has 1 aliphatic heterocycles. The zero-order chi connectivity index (χ0) is 19.3. The fourth-order valence-electron chi connectivity index (χ4n) is 6.16. The van der Waals surface area contributed by atoms with Gasteiger partial charge in [0.1, 0.15) is 0 Å². The second-order valence-corrected chi connectivity index (χ2v) is 8.82. The third kappa shape index (κ3) is 2.43.